The van der Waals surface area contributed by atoms with Crippen LogP contribution in [0.5, 0.6) is 0 Å². The molecule has 0 spiro atoms. The number of Topliss-reactive ketones (excluding diaryl/α,β-unsaturated/α-hetero) is 1. The topological polar surface area (TPSA) is 63.7 Å². The van der Waals surface area contributed by atoms with Crippen molar-refractivity contribution in [3.05, 3.63) is 35.9 Å². The van der Waals surface area contributed by atoms with E-state index in [0.717, 1.165) is 5.56 Å². The van der Waals surface area contributed by atoms with Crippen LogP contribution in [0.4, 0.5) is 0 Å². The van der Waals surface area contributed by atoms with Gasteiger partial charge in [0, 0.05) is 19.5 Å². The second-order valence-corrected chi connectivity index (χ2v) is 4.65. The van der Waals surface area contributed by atoms with Crippen LogP contribution in [0, 0.1) is 5.92 Å². The van der Waals surface area contributed by atoms with Crippen molar-refractivity contribution in [1.29, 1.82) is 0 Å². The van der Waals surface area contributed by atoms with Gasteiger partial charge in [0.05, 0.1) is 6.61 Å². The molecule has 106 valence electrons. The Labute approximate surface area is 117 Å². The van der Waals surface area contributed by atoms with Gasteiger partial charge in [-0.25, -0.2) is 0 Å². The Kier molecular flexibility index (Phi) is 4.50. The van der Waals surface area contributed by atoms with E-state index in [4.69, 9.17) is 4.74 Å². The number of carbonyl (C=O) groups is 3. The molecule has 0 radical (unpaired) electrons. The Bertz CT molecular complexity index is 512. The highest BCUT2D eigenvalue weighted by Gasteiger charge is 2.41. The number of amides is 1. The van der Waals surface area contributed by atoms with Gasteiger partial charge in [-0.15, -0.1) is 0 Å². The number of hydrogen-bond acceptors (Lipinski definition) is 4. The van der Waals surface area contributed by atoms with Crippen molar-refractivity contribution in [1.82, 2.24) is 4.90 Å². The fourth-order valence-corrected chi connectivity index (χ4v) is 2.24. The lowest BCUT2D eigenvalue weighted by molar-refractivity contribution is -0.161. The molecule has 1 aromatic carbocycles. The molecule has 0 unspecified atom stereocenters. The van der Waals surface area contributed by atoms with E-state index in [-0.39, 0.29) is 18.8 Å². The van der Waals surface area contributed by atoms with Gasteiger partial charge < -0.3 is 9.64 Å². The zero-order valence-corrected chi connectivity index (χ0v) is 11.4. The molecule has 0 aromatic heterocycles. The summed E-state index contributed by atoms with van der Waals surface area (Å²) in [6.07, 6.45) is 0.196. The van der Waals surface area contributed by atoms with Crippen molar-refractivity contribution in [3.63, 3.8) is 0 Å². The van der Waals surface area contributed by atoms with Gasteiger partial charge in [0.1, 0.15) is 0 Å². The molecule has 1 atom stereocenters. The molecule has 1 saturated heterocycles. The van der Waals surface area contributed by atoms with E-state index in [0.29, 0.717) is 13.1 Å². The highest BCUT2D eigenvalue weighted by Crippen LogP contribution is 2.18. The van der Waals surface area contributed by atoms with Crippen molar-refractivity contribution >= 4 is 17.7 Å². The van der Waals surface area contributed by atoms with Crippen LogP contribution in [-0.2, 0) is 25.7 Å². The molecule has 1 aromatic rings. The number of ketones is 1. The molecule has 0 bridgehead atoms. The average molecular weight is 275 g/mol. The van der Waals surface area contributed by atoms with E-state index in [2.05, 4.69) is 0 Å². The number of piperidine rings is 1. The van der Waals surface area contributed by atoms with Crippen LogP contribution in [0.1, 0.15) is 18.9 Å². The minimum absolute atomic E-state index is 0.161. The summed E-state index contributed by atoms with van der Waals surface area (Å²) < 4.78 is 4.81. The number of ether oxygens (including phenoxy) is 1. The minimum atomic E-state index is -1.28. The monoisotopic (exact) mass is 275 g/mol. The molecule has 1 heterocycles. The summed E-state index contributed by atoms with van der Waals surface area (Å²) in [5.41, 5.74) is 0.970. The Morgan fingerprint density at radius 2 is 2.00 bits per heavy atom. The maximum atomic E-state index is 12.3. The van der Waals surface area contributed by atoms with Crippen molar-refractivity contribution in [2.45, 2.75) is 19.9 Å². The fraction of sp³-hybridized carbons (Fsp3) is 0.400. The smallest absolute Gasteiger partial charge is 0.326 e. The number of esters is 1. The van der Waals surface area contributed by atoms with Gasteiger partial charge in [-0.2, -0.15) is 0 Å². The molecule has 1 fully saturated rings. The van der Waals surface area contributed by atoms with E-state index in [1.165, 1.54) is 0 Å². The molecule has 1 amide bonds. The van der Waals surface area contributed by atoms with E-state index in [1.54, 1.807) is 11.8 Å². The summed E-state index contributed by atoms with van der Waals surface area (Å²) in [5.74, 6) is -2.83. The molecule has 1 aliphatic rings. The number of benzene rings is 1. The van der Waals surface area contributed by atoms with Crippen molar-refractivity contribution < 1.29 is 19.1 Å². The number of nitrogens with zero attached hydrogens (tertiary/aromatic N) is 1. The number of hydrogen-bond donors (Lipinski definition) is 0. The van der Waals surface area contributed by atoms with Gasteiger partial charge >= 0.3 is 5.97 Å². The standard InChI is InChI=1S/C15H17NO4/c1-2-20-15(19)13-12(17)8-9-16(14(13)18)10-11-6-4-3-5-7-11/h3-7,13H,2,8-10H2,1H3/t13-/m1/s1. The Morgan fingerprint density at radius 1 is 1.30 bits per heavy atom. The average Bonchev–Trinajstić information content (AvgIpc) is 2.44. The van der Waals surface area contributed by atoms with Crippen LogP contribution < -0.4 is 0 Å². The predicted molar refractivity (Wildman–Crippen MR) is 71.6 cm³/mol. The normalized spacial score (nSPS) is 19.1. The quantitative estimate of drug-likeness (QED) is 0.611. The van der Waals surface area contributed by atoms with E-state index in [1.807, 2.05) is 30.3 Å². The van der Waals surface area contributed by atoms with Gasteiger partial charge in [0.2, 0.25) is 5.91 Å². The molecule has 5 heteroatoms. The minimum Gasteiger partial charge on any atom is -0.465 e. The van der Waals surface area contributed by atoms with Gasteiger partial charge in [0.25, 0.3) is 0 Å². The number of rotatable bonds is 4. The van der Waals surface area contributed by atoms with Gasteiger partial charge in [-0.05, 0) is 12.5 Å². The molecule has 0 aliphatic carbocycles. The molecule has 1 aliphatic heterocycles. The largest absolute Gasteiger partial charge is 0.465 e. The Hall–Kier alpha value is -2.17. The first-order valence-corrected chi connectivity index (χ1v) is 6.65. The van der Waals surface area contributed by atoms with Crippen LogP contribution in [0.25, 0.3) is 0 Å². The molecule has 0 saturated carbocycles. The summed E-state index contributed by atoms with van der Waals surface area (Å²) in [4.78, 5) is 37.3. The summed E-state index contributed by atoms with van der Waals surface area (Å²) in [6.45, 7) is 2.57. The Morgan fingerprint density at radius 3 is 2.65 bits per heavy atom. The maximum absolute atomic E-state index is 12.3. The highest BCUT2D eigenvalue weighted by atomic mass is 16.5. The number of likely N-dealkylation sites (tertiary alicyclic amines) is 1. The van der Waals surface area contributed by atoms with E-state index < -0.39 is 17.8 Å². The SMILES string of the molecule is CCOC(=O)[C@@H]1C(=O)CCN(Cc2ccccc2)C1=O. The molecule has 20 heavy (non-hydrogen) atoms. The van der Waals surface area contributed by atoms with Crippen LogP contribution in [0.3, 0.4) is 0 Å². The van der Waals surface area contributed by atoms with Crippen LogP contribution >= 0.6 is 0 Å². The zero-order chi connectivity index (χ0) is 14.5. The zero-order valence-electron chi connectivity index (χ0n) is 11.4. The second-order valence-electron chi connectivity index (χ2n) is 4.65. The van der Waals surface area contributed by atoms with Gasteiger partial charge in [-0.3, -0.25) is 14.4 Å². The van der Waals surface area contributed by atoms with Crippen LogP contribution in [-0.4, -0.2) is 35.7 Å². The third kappa shape index (κ3) is 3.04. The third-order valence-corrected chi connectivity index (χ3v) is 3.25. The van der Waals surface area contributed by atoms with Gasteiger partial charge in [0.15, 0.2) is 11.7 Å². The lowest BCUT2D eigenvalue weighted by Crippen LogP contribution is -2.49. The van der Waals surface area contributed by atoms with E-state index >= 15 is 0 Å². The molecule has 2 rings (SSSR count). The fourth-order valence-electron chi connectivity index (χ4n) is 2.24. The van der Waals surface area contributed by atoms with Crippen LogP contribution in [0.2, 0.25) is 0 Å². The highest BCUT2D eigenvalue weighted by molar-refractivity contribution is 6.17. The summed E-state index contributed by atoms with van der Waals surface area (Å²) in [6, 6.07) is 9.48. The molecular formula is C15H17NO4. The first kappa shape index (κ1) is 14.2. The first-order chi connectivity index (χ1) is 9.63. The number of carbonyl (C=O) groups excluding carboxylic acids is 3. The maximum Gasteiger partial charge on any atom is 0.326 e. The molecule has 5 nitrogen and oxygen atoms in total. The van der Waals surface area contributed by atoms with Crippen LogP contribution in [0.15, 0.2) is 30.3 Å². The third-order valence-electron chi connectivity index (χ3n) is 3.25. The predicted octanol–water partition coefficient (Wildman–Crippen LogP) is 1.17. The summed E-state index contributed by atoms with van der Waals surface area (Å²) in [7, 11) is 0. The van der Waals surface area contributed by atoms with Crippen molar-refractivity contribution in [3.8, 4) is 0 Å². The molecular weight excluding hydrogens is 258 g/mol. The van der Waals surface area contributed by atoms with Gasteiger partial charge in [-0.1, -0.05) is 30.3 Å². The lowest BCUT2D eigenvalue weighted by atomic mass is 9.95. The second kappa shape index (κ2) is 6.32. The van der Waals surface area contributed by atoms with Crippen molar-refractivity contribution in [2.24, 2.45) is 5.92 Å². The van der Waals surface area contributed by atoms with E-state index in [9.17, 15) is 14.4 Å². The van der Waals surface area contributed by atoms with Crippen molar-refractivity contribution in [2.75, 3.05) is 13.2 Å². The first-order valence-electron chi connectivity index (χ1n) is 6.65. The molecule has 0 N–H and O–H groups in total. The Balaban J connectivity index is 2.10. The summed E-state index contributed by atoms with van der Waals surface area (Å²) >= 11 is 0. The summed E-state index contributed by atoms with van der Waals surface area (Å²) in [5, 5.41) is 0. The lowest BCUT2D eigenvalue weighted by Gasteiger charge is -2.30.